The molecule has 1 atom stereocenters. The zero-order valence-electron chi connectivity index (χ0n) is 18.9. The zero-order valence-corrected chi connectivity index (χ0v) is 18.9. The van der Waals surface area contributed by atoms with Crippen molar-refractivity contribution in [2.24, 2.45) is 5.92 Å². The van der Waals surface area contributed by atoms with Gasteiger partial charge in [0.1, 0.15) is 6.10 Å². The zero-order chi connectivity index (χ0) is 22.8. The molecule has 1 saturated carbocycles. The number of benzene rings is 2. The predicted octanol–water partition coefficient (Wildman–Crippen LogP) is 4.12. The van der Waals surface area contributed by atoms with Gasteiger partial charge in [0.05, 0.1) is 17.7 Å². The summed E-state index contributed by atoms with van der Waals surface area (Å²) in [7, 11) is 1.78. The van der Waals surface area contributed by atoms with Crippen molar-refractivity contribution in [1.82, 2.24) is 9.55 Å². The van der Waals surface area contributed by atoms with Crippen LogP contribution in [-0.2, 0) is 22.4 Å². The molecule has 0 saturated heterocycles. The fraction of sp³-hybridized carbons (Fsp3) is 0.370. The molecule has 0 amide bonds. The number of esters is 1. The van der Waals surface area contributed by atoms with E-state index in [9.17, 15) is 9.59 Å². The highest BCUT2D eigenvalue weighted by Crippen LogP contribution is 2.31. The first-order valence-corrected chi connectivity index (χ1v) is 11.8. The number of ether oxygens (including phenoxy) is 1. The van der Waals surface area contributed by atoms with Gasteiger partial charge in [0.25, 0.3) is 5.56 Å². The van der Waals surface area contributed by atoms with E-state index in [2.05, 4.69) is 5.32 Å². The van der Waals surface area contributed by atoms with Crippen molar-refractivity contribution in [2.75, 3.05) is 12.4 Å². The summed E-state index contributed by atoms with van der Waals surface area (Å²) in [4.78, 5) is 31.4. The summed E-state index contributed by atoms with van der Waals surface area (Å²) in [5.74, 6) is 0.128. The summed E-state index contributed by atoms with van der Waals surface area (Å²) < 4.78 is 7.40. The Morgan fingerprint density at radius 1 is 1.03 bits per heavy atom. The van der Waals surface area contributed by atoms with Crippen molar-refractivity contribution < 1.29 is 9.53 Å². The van der Waals surface area contributed by atoms with Crippen LogP contribution in [0.4, 0.5) is 5.95 Å². The molecule has 1 heterocycles. The first-order chi connectivity index (χ1) is 16.2. The van der Waals surface area contributed by atoms with Crippen LogP contribution < -0.4 is 10.9 Å². The summed E-state index contributed by atoms with van der Waals surface area (Å²) in [5.41, 5.74) is 3.40. The van der Waals surface area contributed by atoms with Gasteiger partial charge in [0, 0.05) is 19.0 Å². The fourth-order valence-electron chi connectivity index (χ4n) is 4.82. The number of hydrogen-bond donors (Lipinski definition) is 1. The van der Waals surface area contributed by atoms with E-state index in [4.69, 9.17) is 9.72 Å². The summed E-state index contributed by atoms with van der Waals surface area (Å²) >= 11 is 0. The van der Waals surface area contributed by atoms with Gasteiger partial charge in [0.2, 0.25) is 5.95 Å². The molecular weight excluding hydrogens is 414 g/mol. The lowest BCUT2D eigenvalue weighted by molar-refractivity contribution is -0.158. The smallest absolute Gasteiger partial charge is 0.309 e. The second-order valence-electron chi connectivity index (χ2n) is 8.94. The third kappa shape index (κ3) is 4.17. The SMILES string of the molecule is CNc1nc2c(c(=O)n1C(c1ccccc1)c1ccccc1)CCC(C(=O)OC1CCC1)C2. The third-order valence-corrected chi connectivity index (χ3v) is 6.86. The minimum Gasteiger partial charge on any atom is -0.462 e. The van der Waals surface area contributed by atoms with Crippen molar-refractivity contribution >= 4 is 11.9 Å². The number of carbonyl (C=O) groups is 1. The summed E-state index contributed by atoms with van der Waals surface area (Å²) in [6.45, 7) is 0. The number of fused-ring (bicyclic) bond motifs is 1. The summed E-state index contributed by atoms with van der Waals surface area (Å²) in [5, 5.41) is 3.14. The molecule has 0 aliphatic heterocycles. The lowest BCUT2D eigenvalue weighted by Crippen LogP contribution is -2.37. The Hall–Kier alpha value is -3.41. The van der Waals surface area contributed by atoms with E-state index < -0.39 is 0 Å². The molecule has 1 N–H and O–H groups in total. The van der Waals surface area contributed by atoms with Crippen molar-refractivity contribution in [1.29, 1.82) is 0 Å². The van der Waals surface area contributed by atoms with E-state index in [1.54, 1.807) is 11.6 Å². The van der Waals surface area contributed by atoms with Crippen LogP contribution >= 0.6 is 0 Å². The molecule has 170 valence electrons. The molecule has 1 aromatic heterocycles. The summed E-state index contributed by atoms with van der Waals surface area (Å²) in [6.07, 6.45) is 4.73. The number of anilines is 1. The van der Waals surface area contributed by atoms with Crippen LogP contribution in [-0.4, -0.2) is 28.7 Å². The number of nitrogens with one attached hydrogen (secondary N) is 1. The normalized spacial score (nSPS) is 17.8. The number of hydrogen-bond acceptors (Lipinski definition) is 5. The lowest BCUT2D eigenvalue weighted by Gasteiger charge is -2.30. The van der Waals surface area contributed by atoms with E-state index in [1.807, 2.05) is 60.7 Å². The van der Waals surface area contributed by atoms with Gasteiger partial charge in [-0.3, -0.25) is 14.2 Å². The number of aromatic nitrogens is 2. The van der Waals surface area contributed by atoms with E-state index in [1.165, 1.54) is 0 Å². The summed E-state index contributed by atoms with van der Waals surface area (Å²) in [6, 6.07) is 19.7. The molecule has 2 aromatic carbocycles. The number of carbonyl (C=O) groups excluding carboxylic acids is 1. The van der Waals surface area contributed by atoms with Gasteiger partial charge in [0.15, 0.2) is 0 Å². The number of rotatable bonds is 6. The maximum atomic E-state index is 13.9. The van der Waals surface area contributed by atoms with E-state index in [0.717, 1.165) is 30.4 Å². The van der Waals surface area contributed by atoms with Crippen molar-refractivity contribution in [3.05, 3.63) is 93.4 Å². The third-order valence-electron chi connectivity index (χ3n) is 6.86. The topological polar surface area (TPSA) is 73.2 Å². The van der Waals surface area contributed by atoms with Crippen molar-refractivity contribution in [3.63, 3.8) is 0 Å². The minimum atomic E-state index is -0.304. The van der Waals surface area contributed by atoms with Crippen LogP contribution in [0.5, 0.6) is 0 Å². The Labute approximate surface area is 193 Å². The van der Waals surface area contributed by atoms with Crippen LogP contribution in [0, 0.1) is 5.92 Å². The molecule has 6 nitrogen and oxygen atoms in total. The van der Waals surface area contributed by atoms with E-state index >= 15 is 0 Å². The van der Waals surface area contributed by atoms with Gasteiger partial charge in [-0.1, -0.05) is 60.7 Å². The minimum absolute atomic E-state index is 0.0483. The van der Waals surface area contributed by atoms with Crippen LogP contribution in [0.3, 0.4) is 0 Å². The molecule has 33 heavy (non-hydrogen) atoms. The highest BCUT2D eigenvalue weighted by Gasteiger charge is 2.33. The van der Waals surface area contributed by atoms with Crippen LogP contribution in [0.2, 0.25) is 0 Å². The highest BCUT2D eigenvalue weighted by molar-refractivity contribution is 5.73. The first kappa shape index (κ1) is 21.4. The van der Waals surface area contributed by atoms with Gasteiger partial charge in [-0.15, -0.1) is 0 Å². The van der Waals surface area contributed by atoms with Crippen LogP contribution in [0.15, 0.2) is 65.5 Å². The van der Waals surface area contributed by atoms with Gasteiger partial charge < -0.3 is 10.1 Å². The quantitative estimate of drug-likeness (QED) is 0.580. The van der Waals surface area contributed by atoms with Crippen molar-refractivity contribution in [3.8, 4) is 0 Å². The average molecular weight is 444 g/mol. The number of nitrogens with zero attached hydrogens (tertiary/aromatic N) is 2. The molecule has 1 unspecified atom stereocenters. The molecule has 6 heteroatoms. The Kier molecular flexibility index (Phi) is 5.99. The largest absolute Gasteiger partial charge is 0.462 e. The Bertz CT molecular complexity index is 1150. The molecule has 0 spiro atoms. The Morgan fingerprint density at radius 3 is 2.21 bits per heavy atom. The Balaban J connectivity index is 1.55. The van der Waals surface area contributed by atoms with Gasteiger partial charge >= 0.3 is 5.97 Å². The fourth-order valence-corrected chi connectivity index (χ4v) is 4.82. The van der Waals surface area contributed by atoms with Crippen LogP contribution in [0.1, 0.15) is 54.1 Å². The molecule has 2 aliphatic rings. The maximum absolute atomic E-state index is 13.9. The molecule has 0 bridgehead atoms. The van der Waals surface area contributed by atoms with E-state index in [0.29, 0.717) is 36.5 Å². The Morgan fingerprint density at radius 2 is 1.67 bits per heavy atom. The highest BCUT2D eigenvalue weighted by atomic mass is 16.5. The van der Waals surface area contributed by atoms with E-state index in [-0.39, 0.29) is 29.6 Å². The second kappa shape index (κ2) is 9.22. The molecule has 1 fully saturated rings. The van der Waals surface area contributed by atoms with Crippen LogP contribution in [0.25, 0.3) is 0 Å². The monoisotopic (exact) mass is 443 g/mol. The average Bonchev–Trinajstić information content (AvgIpc) is 2.83. The van der Waals surface area contributed by atoms with Crippen molar-refractivity contribution in [2.45, 2.75) is 50.7 Å². The van der Waals surface area contributed by atoms with Gasteiger partial charge in [-0.05, 0) is 43.2 Å². The second-order valence-corrected chi connectivity index (χ2v) is 8.94. The van der Waals surface area contributed by atoms with Gasteiger partial charge in [-0.25, -0.2) is 4.98 Å². The maximum Gasteiger partial charge on any atom is 0.309 e. The molecule has 5 rings (SSSR count). The standard InChI is InChI=1S/C27H29N3O3/c1-28-27-29-23-17-20(26(32)33-21-13-8-14-21)15-16-22(23)25(31)30(27)24(18-9-4-2-5-10-18)19-11-6-3-7-12-19/h2-7,9-12,20-21,24H,8,13-17H2,1H3,(H,28,29). The predicted molar refractivity (Wildman–Crippen MR) is 127 cm³/mol. The molecule has 3 aromatic rings. The van der Waals surface area contributed by atoms with Gasteiger partial charge in [-0.2, -0.15) is 0 Å². The molecule has 0 radical (unpaired) electrons. The first-order valence-electron chi connectivity index (χ1n) is 11.8. The molecular formula is C27H29N3O3. The molecule has 2 aliphatic carbocycles. The lowest BCUT2D eigenvalue weighted by atomic mass is 9.86.